The topological polar surface area (TPSA) is 35.5 Å². The SMILES string of the molecule is CC1(C)COP(=O)(C2=C(Sc3ccccc3)CCS2)OC1. The van der Waals surface area contributed by atoms with Gasteiger partial charge in [0.25, 0.3) is 0 Å². The first-order valence-electron chi connectivity index (χ1n) is 6.97. The molecule has 2 aliphatic rings. The van der Waals surface area contributed by atoms with E-state index < -0.39 is 7.60 Å². The van der Waals surface area contributed by atoms with Gasteiger partial charge in [0.15, 0.2) is 0 Å². The highest BCUT2D eigenvalue weighted by Gasteiger charge is 2.42. The van der Waals surface area contributed by atoms with Crippen molar-refractivity contribution in [3.63, 3.8) is 0 Å². The van der Waals surface area contributed by atoms with Gasteiger partial charge in [0.1, 0.15) is 4.65 Å². The summed E-state index contributed by atoms with van der Waals surface area (Å²) in [6.07, 6.45) is 0.930. The molecule has 0 bridgehead atoms. The second-order valence-corrected chi connectivity index (χ2v) is 10.5. The third-order valence-corrected chi connectivity index (χ3v) is 8.42. The fourth-order valence-electron chi connectivity index (χ4n) is 2.10. The van der Waals surface area contributed by atoms with Gasteiger partial charge in [-0.25, -0.2) is 0 Å². The van der Waals surface area contributed by atoms with E-state index in [1.54, 1.807) is 23.5 Å². The minimum Gasteiger partial charge on any atom is -0.304 e. The van der Waals surface area contributed by atoms with Gasteiger partial charge in [0.05, 0.1) is 13.2 Å². The number of thioether (sulfide) groups is 2. The number of rotatable bonds is 3. The second kappa shape index (κ2) is 6.13. The minimum atomic E-state index is -3.11. The molecule has 1 aromatic rings. The van der Waals surface area contributed by atoms with Crippen molar-refractivity contribution in [3.8, 4) is 0 Å². The number of hydrogen-bond acceptors (Lipinski definition) is 5. The molecule has 6 heteroatoms. The zero-order valence-electron chi connectivity index (χ0n) is 12.2. The first kappa shape index (κ1) is 15.7. The van der Waals surface area contributed by atoms with Crippen LogP contribution >= 0.6 is 31.1 Å². The molecule has 0 radical (unpaired) electrons. The summed E-state index contributed by atoms with van der Waals surface area (Å²) in [5.41, 5.74) is -0.0650. The molecule has 2 heterocycles. The molecule has 1 aromatic carbocycles. The first-order valence-corrected chi connectivity index (χ1v) is 10.3. The largest absolute Gasteiger partial charge is 0.368 e. The van der Waals surface area contributed by atoms with Crippen LogP contribution in [0.2, 0.25) is 0 Å². The standard InChI is InChI=1S/C15H19O3PS2/c1-15(2)10-17-19(16,18-11-15)14-13(8-9-20-14)21-12-6-4-3-5-7-12/h3-7H,8-11H2,1-2H3. The Morgan fingerprint density at radius 2 is 1.86 bits per heavy atom. The molecule has 0 amide bonds. The molecule has 1 saturated heterocycles. The first-order chi connectivity index (χ1) is 9.99. The summed E-state index contributed by atoms with van der Waals surface area (Å²) in [5, 5.41) is 0. The van der Waals surface area contributed by atoms with Gasteiger partial charge in [-0.05, 0) is 18.6 Å². The maximum absolute atomic E-state index is 13.0. The predicted octanol–water partition coefficient (Wildman–Crippen LogP) is 5.35. The molecule has 0 aliphatic carbocycles. The lowest BCUT2D eigenvalue weighted by molar-refractivity contribution is 0.0453. The lowest BCUT2D eigenvalue weighted by atomic mass is 9.97. The molecular formula is C15H19O3PS2. The summed E-state index contributed by atoms with van der Waals surface area (Å²) in [5.74, 6) is 0.949. The molecule has 3 rings (SSSR count). The molecule has 2 aliphatic heterocycles. The average molecular weight is 342 g/mol. The van der Waals surface area contributed by atoms with Crippen molar-refractivity contribution in [2.75, 3.05) is 19.0 Å². The summed E-state index contributed by atoms with van der Waals surface area (Å²) < 4.78 is 25.2. The predicted molar refractivity (Wildman–Crippen MR) is 89.7 cm³/mol. The maximum atomic E-state index is 13.0. The highest BCUT2D eigenvalue weighted by Crippen LogP contribution is 2.68. The normalized spacial score (nSPS) is 24.3. The third-order valence-electron chi connectivity index (χ3n) is 3.29. The van der Waals surface area contributed by atoms with E-state index in [2.05, 4.69) is 26.0 Å². The quantitative estimate of drug-likeness (QED) is 0.692. The van der Waals surface area contributed by atoms with Crippen molar-refractivity contribution in [2.45, 2.75) is 25.2 Å². The Labute approximate surface area is 134 Å². The second-order valence-electron chi connectivity index (χ2n) is 5.95. The Balaban J connectivity index is 1.82. The van der Waals surface area contributed by atoms with Crippen LogP contribution in [-0.2, 0) is 13.6 Å². The van der Waals surface area contributed by atoms with Gasteiger partial charge in [-0.3, -0.25) is 4.57 Å². The zero-order chi connectivity index (χ0) is 14.9. The van der Waals surface area contributed by atoms with Crippen molar-refractivity contribution in [3.05, 3.63) is 39.9 Å². The molecule has 3 nitrogen and oxygen atoms in total. The van der Waals surface area contributed by atoms with Gasteiger partial charge >= 0.3 is 7.60 Å². The highest BCUT2D eigenvalue weighted by atomic mass is 32.2. The van der Waals surface area contributed by atoms with Crippen LogP contribution in [0.1, 0.15) is 20.3 Å². The monoisotopic (exact) mass is 342 g/mol. The zero-order valence-corrected chi connectivity index (χ0v) is 14.7. The highest BCUT2D eigenvalue weighted by molar-refractivity contribution is 8.12. The fraction of sp³-hybridized carbons (Fsp3) is 0.467. The molecule has 21 heavy (non-hydrogen) atoms. The summed E-state index contributed by atoms with van der Waals surface area (Å²) >= 11 is 3.30. The number of benzene rings is 1. The van der Waals surface area contributed by atoms with Crippen molar-refractivity contribution in [1.82, 2.24) is 0 Å². The van der Waals surface area contributed by atoms with Gasteiger partial charge in [0, 0.05) is 21.0 Å². The Morgan fingerprint density at radius 3 is 2.52 bits per heavy atom. The summed E-state index contributed by atoms with van der Waals surface area (Å²) in [7, 11) is -3.11. The van der Waals surface area contributed by atoms with E-state index >= 15 is 0 Å². The van der Waals surface area contributed by atoms with E-state index in [-0.39, 0.29) is 5.41 Å². The van der Waals surface area contributed by atoms with Crippen LogP contribution in [0.15, 0.2) is 44.8 Å². The van der Waals surface area contributed by atoms with Gasteiger partial charge < -0.3 is 9.05 Å². The molecule has 0 spiro atoms. The van der Waals surface area contributed by atoms with Crippen molar-refractivity contribution >= 4 is 31.1 Å². The van der Waals surface area contributed by atoms with Gasteiger partial charge in [0.2, 0.25) is 0 Å². The van der Waals surface area contributed by atoms with Crippen molar-refractivity contribution in [1.29, 1.82) is 0 Å². The van der Waals surface area contributed by atoms with E-state index in [1.165, 1.54) is 0 Å². The summed E-state index contributed by atoms with van der Waals surface area (Å²) in [6.45, 7) is 5.09. The van der Waals surface area contributed by atoms with E-state index in [4.69, 9.17) is 9.05 Å². The van der Waals surface area contributed by atoms with E-state index in [0.29, 0.717) is 13.2 Å². The Kier molecular flexibility index (Phi) is 4.58. The van der Waals surface area contributed by atoms with Gasteiger partial charge in [-0.2, -0.15) is 0 Å². The van der Waals surface area contributed by atoms with Crippen LogP contribution < -0.4 is 0 Å². The Hall–Kier alpha value is -0.190. The molecule has 0 aromatic heterocycles. The average Bonchev–Trinajstić information content (AvgIpc) is 2.93. The van der Waals surface area contributed by atoms with Crippen LogP contribution in [0, 0.1) is 5.41 Å². The van der Waals surface area contributed by atoms with Crippen LogP contribution in [0.5, 0.6) is 0 Å². The molecule has 0 saturated carbocycles. The third kappa shape index (κ3) is 3.59. The minimum absolute atomic E-state index is 0.0650. The fourth-order valence-corrected chi connectivity index (χ4v) is 7.62. The Bertz CT molecular complexity index is 584. The maximum Gasteiger partial charge on any atom is 0.368 e. The summed E-state index contributed by atoms with van der Waals surface area (Å²) in [4.78, 5) is 2.30. The van der Waals surface area contributed by atoms with Crippen LogP contribution in [0.25, 0.3) is 0 Å². The molecule has 114 valence electrons. The van der Waals surface area contributed by atoms with Crippen LogP contribution in [0.4, 0.5) is 0 Å². The molecule has 0 atom stereocenters. The van der Waals surface area contributed by atoms with Crippen molar-refractivity contribution in [2.24, 2.45) is 5.41 Å². The lowest BCUT2D eigenvalue weighted by Gasteiger charge is -2.34. The van der Waals surface area contributed by atoms with E-state index in [0.717, 1.165) is 26.6 Å². The van der Waals surface area contributed by atoms with Crippen LogP contribution in [-0.4, -0.2) is 19.0 Å². The smallest absolute Gasteiger partial charge is 0.304 e. The molecule has 0 N–H and O–H groups in total. The number of hydrogen-bond donors (Lipinski definition) is 0. The van der Waals surface area contributed by atoms with Gasteiger partial charge in [-0.15, -0.1) is 11.8 Å². The molecule has 0 unspecified atom stereocenters. The van der Waals surface area contributed by atoms with E-state index in [1.807, 2.05) is 18.2 Å². The number of allylic oxidation sites excluding steroid dienone is 1. The van der Waals surface area contributed by atoms with E-state index in [9.17, 15) is 4.57 Å². The summed E-state index contributed by atoms with van der Waals surface area (Å²) in [6, 6.07) is 10.2. The van der Waals surface area contributed by atoms with Crippen LogP contribution in [0.3, 0.4) is 0 Å². The van der Waals surface area contributed by atoms with Crippen molar-refractivity contribution < 1.29 is 13.6 Å². The van der Waals surface area contributed by atoms with Gasteiger partial charge in [-0.1, -0.05) is 43.8 Å². The molecular weight excluding hydrogens is 323 g/mol. The molecule has 1 fully saturated rings. The Morgan fingerprint density at radius 1 is 1.19 bits per heavy atom. The lowest BCUT2D eigenvalue weighted by Crippen LogP contribution is -2.29.